The molecule has 1 aliphatic rings. The van der Waals surface area contributed by atoms with Crippen LogP contribution in [-0.4, -0.2) is 19.7 Å². The van der Waals surface area contributed by atoms with E-state index in [1.165, 1.54) is 12.1 Å². The van der Waals surface area contributed by atoms with Crippen LogP contribution in [0.1, 0.15) is 17.0 Å². The molecule has 1 N–H and O–H groups in total. The molecule has 2 aromatic carbocycles. The van der Waals surface area contributed by atoms with Gasteiger partial charge in [0.1, 0.15) is 17.4 Å². The number of hydrogen-bond donors (Lipinski definition) is 1. The molecule has 21 heavy (non-hydrogen) atoms. The van der Waals surface area contributed by atoms with E-state index < -0.39 is 11.6 Å². The number of benzene rings is 2. The maximum absolute atomic E-state index is 13.8. The molecule has 1 aliphatic heterocycles. The molecule has 0 aromatic heterocycles. The van der Waals surface area contributed by atoms with Crippen LogP contribution in [0.15, 0.2) is 42.5 Å². The number of nitrogens with one attached hydrogen (secondary N) is 1. The van der Waals surface area contributed by atoms with Gasteiger partial charge in [0.2, 0.25) is 0 Å². The molecule has 2 nitrogen and oxygen atoms in total. The molecular weight excluding hydrogens is 272 g/mol. The third kappa shape index (κ3) is 2.76. The minimum absolute atomic E-state index is 0.0358. The second kappa shape index (κ2) is 5.82. The molecule has 0 spiro atoms. The van der Waals surface area contributed by atoms with Crippen molar-refractivity contribution < 1.29 is 13.5 Å². The summed E-state index contributed by atoms with van der Waals surface area (Å²) in [7, 11) is 1.85. The topological polar surface area (TPSA) is 21.3 Å². The van der Waals surface area contributed by atoms with Crippen LogP contribution in [0.2, 0.25) is 0 Å². The van der Waals surface area contributed by atoms with Gasteiger partial charge in [-0.3, -0.25) is 0 Å². The van der Waals surface area contributed by atoms with Gasteiger partial charge < -0.3 is 10.1 Å². The van der Waals surface area contributed by atoms with Crippen LogP contribution in [-0.2, 0) is 6.42 Å². The summed E-state index contributed by atoms with van der Waals surface area (Å²) in [5.74, 6) is 0.00670. The highest BCUT2D eigenvalue weighted by Gasteiger charge is 2.30. The molecule has 4 heteroatoms. The van der Waals surface area contributed by atoms with Crippen molar-refractivity contribution in [1.29, 1.82) is 0 Å². The molecule has 110 valence electrons. The summed E-state index contributed by atoms with van der Waals surface area (Å²) in [4.78, 5) is 0. The number of para-hydroxylation sites is 1. The molecule has 2 atom stereocenters. The van der Waals surface area contributed by atoms with Gasteiger partial charge in [0, 0.05) is 23.6 Å². The molecule has 0 radical (unpaired) electrons. The van der Waals surface area contributed by atoms with Crippen molar-refractivity contribution in [2.45, 2.75) is 18.4 Å². The molecule has 2 unspecified atom stereocenters. The molecule has 0 saturated carbocycles. The Labute approximate surface area is 122 Å². The minimum atomic E-state index is -0.549. The summed E-state index contributed by atoms with van der Waals surface area (Å²) in [5.41, 5.74) is 1.65. The fourth-order valence-corrected chi connectivity index (χ4v) is 2.89. The second-order valence-corrected chi connectivity index (χ2v) is 5.29. The van der Waals surface area contributed by atoms with Crippen molar-refractivity contribution in [3.8, 4) is 5.75 Å². The van der Waals surface area contributed by atoms with E-state index in [-0.39, 0.29) is 12.0 Å². The molecule has 1 heterocycles. The van der Waals surface area contributed by atoms with Gasteiger partial charge in [-0.05, 0) is 31.2 Å². The van der Waals surface area contributed by atoms with E-state index in [4.69, 9.17) is 4.74 Å². The highest BCUT2D eigenvalue weighted by molar-refractivity contribution is 5.41. The number of fused-ring (bicyclic) bond motifs is 1. The zero-order chi connectivity index (χ0) is 14.8. The van der Waals surface area contributed by atoms with Crippen molar-refractivity contribution in [2.75, 3.05) is 13.7 Å². The fraction of sp³-hybridized carbons (Fsp3) is 0.294. The Hall–Kier alpha value is -1.94. The van der Waals surface area contributed by atoms with Crippen LogP contribution in [0, 0.1) is 11.6 Å². The lowest BCUT2D eigenvalue weighted by Gasteiger charge is -2.22. The first-order valence-corrected chi connectivity index (χ1v) is 7.02. The summed E-state index contributed by atoms with van der Waals surface area (Å²) >= 11 is 0. The van der Waals surface area contributed by atoms with E-state index in [1.807, 2.05) is 31.3 Å². The summed E-state index contributed by atoms with van der Waals surface area (Å²) in [6, 6.07) is 11.7. The predicted octanol–water partition coefficient (Wildman–Crippen LogP) is 3.27. The normalized spacial score (nSPS) is 18.1. The Bertz CT molecular complexity index is 644. The van der Waals surface area contributed by atoms with Gasteiger partial charge >= 0.3 is 0 Å². The number of likely N-dealkylation sites (N-methyl/N-ethyl adjacent to an activating group) is 1. The Morgan fingerprint density at radius 2 is 2.05 bits per heavy atom. The Morgan fingerprint density at radius 1 is 1.24 bits per heavy atom. The van der Waals surface area contributed by atoms with Crippen molar-refractivity contribution in [2.24, 2.45) is 0 Å². The maximum Gasteiger partial charge on any atom is 0.129 e. The molecule has 3 rings (SSSR count). The molecule has 2 aromatic rings. The number of rotatable bonds is 4. The zero-order valence-corrected chi connectivity index (χ0v) is 11.8. The molecule has 0 saturated heterocycles. The van der Waals surface area contributed by atoms with Gasteiger partial charge in [0.25, 0.3) is 0 Å². The van der Waals surface area contributed by atoms with E-state index in [1.54, 1.807) is 0 Å². The summed E-state index contributed by atoms with van der Waals surface area (Å²) < 4.78 is 32.5. The van der Waals surface area contributed by atoms with Crippen LogP contribution in [0.5, 0.6) is 5.75 Å². The second-order valence-electron chi connectivity index (χ2n) is 5.29. The lowest BCUT2D eigenvalue weighted by Crippen LogP contribution is -2.35. The predicted molar refractivity (Wildman–Crippen MR) is 77.6 cm³/mol. The molecule has 0 fully saturated rings. The number of ether oxygens (including phenoxy) is 1. The van der Waals surface area contributed by atoms with Crippen LogP contribution >= 0.6 is 0 Å². The Morgan fingerprint density at radius 3 is 2.81 bits per heavy atom. The van der Waals surface area contributed by atoms with E-state index >= 15 is 0 Å². The first-order chi connectivity index (χ1) is 10.2. The van der Waals surface area contributed by atoms with Gasteiger partial charge in [0.05, 0.1) is 6.61 Å². The smallest absolute Gasteiger partial charge is 0.129 e. The maximum atomic E-state index is 13.8. The first-order valence-electron chi connectivity index (χ1n) is 7.02. The standard InChI is InChI=1S/C17H17F2NO/c1-20-16(8-11-6-7-12(18)9-15(11)19)14-10-21-17-5-3-2-4-13(14)17/h2-7,9,14,16,20H,8,10H2,1H3. The lowest BCUT2D eigenvalue weighted by atomic mass is 9.89. The summed E-state index contributed by atoms with van der Waals surface area (Å²) in [6.07, 6.45) is 0.491. The van der Waals surface area contributed by atoms with Crippen LogP contribution < -0.4 is 10.1 Å². The number of hydrogen-bond acceptors (Lipinski definition) is 2. The van der Waals surface area contributed by atoms with Crippen LogP contribution in [0.25, 0.3) is 0 Å². The van der Waals surface area contributed by atoms with Gasteiger partial charge in [-0.1, -0.05) is 24.3 Å². The molecule has 0 bridgehead atoms. The summed E-state index contributed by atoms with van der Waals surface area (Å²) in [6.45, 7) is 0.577. The van der Waals surface area contributed by atoms with E-state index in [2.05, 4.69) is 5.32 Å². The lowest BCUT2D eigenvalue weighted by molar-refractivity contribution is 0.301. The Balaban J connectivity index is 1.83. The molecule has 0 amide bonds. The quantitative estimate of drug-likeness (QED) is 0.932. The molecular formula is C17H17F2NO. The fourth-order valence-electron chi connectivity index (χ4n) is 2.89. The minimum Gasteiger partial charge on any atom is -0.493 e. The average Bonchev–Trinajstić information content (AvgIpc) is 2.91. The largest absolute Gasteiger partial charge is 0.493 e. The van der Waals surface area contributed by atoms with Crippen LogP contribution in [0.4, 0.5) is 8.78 Å². The highest BCUT2D eigenvalue weighted by Crippen LogP contribution is 2.36. The SMILES string of the molecule is CNC(Cc1ccc(F)cc1F)C1COc2ccccc21. The van der Waals surface area contributed by atoms with E-state index in [0.717, 1.165) is 17.4 Å². The summed E-state index contributed by atoms with van der Waals surface area (Å²) in [5, 5.41) is 3.23. The van der Waals surface area contributed by atoms with Gasteiger partial charge in [0.15, 0.2) is 0 Å². The van der Waals surface area contributed by atoms with Crippen molar-refractivity contribution >= 4 is 0 Å². The average molecular weight is 289 g/mol. The van der Waals surface area contributed by atoms with Gasteiger partial charge in [-0.15, -0.1) is 0 Å². The van der Waals surface area contributed by atoms with Crippen LogP contribution in [0.3, 0.4) is 0 Å². The first kappa shape index (κ1) is 14.0. The van der Waals surface area contributed by atoms with Gasteiger partial charge in [-0.2, -0.15) is 0 Å². The highest BCUT2D eigenvalue weighted by atomic mass is 19.1. The van der Waals surface area contributed by atoms with Gasteiger partial charge in [-0.25, -0.2) is 8.78 Å². The Kier molecular flexibility index (Phi) is 3.88. The number of halogens is 2. The van der Waals surface area contributed by atoms with E-state index in [9.17, 15) is 8.78 Å². The van der Waals surface area contributed by atoms with E-state index in [0.29, 0.717) is 18.6 Å². The van der Waals surface area contributed by atoms with Crippen molar-refractivity contribution in [3.05, 3.63) is 65.2 Å². The third-order valence-electron chi connectivity index (χ3n) is 4.05. The van der Waals surface area contributed by atoms with Crippen molar-refractivity contribution in [3.63, 3.8) is 0 Å². The monoisotopic (exact) mass is 289 g/mol. The zero-order valence-electron chi connectivity index (χ0n) is 11.8. The third-order valence-corrected chi connectivity index (χ3v) is 4.05. The van der Waals surface area contributed by atoms with Crippen molar-refractivity contribution in [1.82, 2.24) is 5.32 Å². The molecule has 0 aliphatic carbocycles.